The first-order valence-electron chi connectivity index (χ1n) is 6.30. The highest BCUT2D eigenvalue weighted by atomic mass is 15.1. The molecule has 0 fully saturated rings. The number of hydrogen-bond acceptors (Lipinski definition) is 1. The van der Waals surface area contributed by atoms with Crippen molar-refractivity contribution in [3.05, 3.63) is 72.0 Å². The minimum atomic E-state index is 0.337. The van der Waals surface area contributed by atoms with Crippen molar-refractivity contribution in [3.8, 4) is 0 Å². The molecule has 1 heteroatoms. The molecule has 1 nitrogen and oxygen atoms in total. The van der Waals surface area contributed by atoms with Crippen LogP contribution in [0, 0.1) is 0 Å². The number of likely N-dealkylation sites (N-methyl/N-ethyl adjacent to an activating group) is 1. The first-order chi connectivity index (χ1) is 8.58. The number of hydrogen-bond donors (Lipinski definition) is 0. The van der Waals surface area contributed by atoms with Gasteiger partial charge in [0.1, 0.15) is 0 Å². The van der Waals surface area contributed by atoms with E-state index >= 15 is 0 Å². The van der Waals surface area contributed by atoms with Gasteiger partial charge in [0.15, 0.2) is 0 Å². The van der Waals surface area contributed by atoms with Gasteiger partial charge in [-0.3, -0.25) is 0 Å². The Hall–Kier alpha value is -1.76. The molecule has 0 amide bonds. The lowest BCUT2D eigenvalue weighted by Crippen LogP contribution is -2.33. The summed E-state index contributed by atoms with van der Waals surface area (Å²) in [5.74, 6) is 0. The second kappa shape index (κ2) is 6.25. The van der Waals surface area contributed by atoms with E-state index in [9.17, 15) is 0 Å². The molecule has 0 saturated heterocycles. The Morgan fingerprint density at radius 3 is 2.39 bits per heavy atom. The fourth-order valence-corrected chi connectivity index (χ4v) is 2.33. The Morgan fingerprint density at radius 2 is 1.89 bits per heavy atom. The topological polar surface area (TPSA) is 3.24 Å². The summed E-state index contributed by atoms with van der Waals surface area (Å²) >= 11 is 0. The van der Waals surface area contributed by atoms with Crippen LogP contribution in [-0.4, -0.2) is 18.0 Å². The second-order valence-corrected chi connectivity index (χ2v) is 4.47. The van der Waals surface area contributed by atoms with Gasteiger partial charge in [0, 0.05) is 12.7 Å². The Kier molecular flexibility index (Phi) is 4.96. The molecular weight excluding hydrogens is 218 g/mol. The monoisotopic (exact) mass is 241 g/mol. The smallest absolute Gasteiger partial charge is 0.0517 e. The molecule has 0 N–H and O–H groups in total. The molecule has 0 aromatic heterocycles. The van der Waals surface area contributed by atoms with E-state index in [-0.39, 0.29) is 0 Å². The summed E-state index contributed by atoms with van der Waals surface area (Å²) in [6.45, 7) is 14.1. The van der Waals surface area contributed by atoms with Gasteiger partial charge in [0.25, 0.3) is 0 Å². The van der Waals surface area contributed by atoms with E-state index in [0.29, 0.717) is 6.04 Å². The average Bonchev–Trinajstić information content (AvgIpc) is 2.37. The van der Waals surface area contributed by atoms with Crippen LogP contribution in [0.2, 0.25) is 0 Å². The number of allylic oxidation sites excluding steroid dienone is 7. The first kappa shape index (κ1) is 14.3. The minimum absolute atomic E-state index is 0.337. The molecule has 1 heterocycles. The molecule has 0 spiro atoms. The summed E-state index contributed by atoms with van der Waals surface area (Å²) < 4.78 is 0. The molecular formula is C17H23N. The largest absolute Gasteiger partial charge is 0.368 e. The maximum absolute atomic E-state index is 3.95. The van der Waals surface area contributed by atoms with E-state index in [4.69, 9.17) is 0 Å². The SMILES string of the molecule is C=C/C=C\C1=C(C=C)C(C)=C(/C=C\C)N(C)C1C. The van der Waals surface area contributed by atoms with Gasteiger partial charge in [-0.05, 0) is 43.6 Å². The number of rotatable bonds is 4. The maximum atomic E-state index is 3.95. The Morgan fingerprint density at radius 1 is 1.22 bits per heavy atom. The van der Waals surface area contributed by atoms with Crippen LogP contribution in [-0.2, 0) is 0 Å². The Bertz CT molecular complexity index is 458. The minimum Gasteiger partial charge on any atom is -0.368 e. The average molecular weight is 241 g/mol. The third kappa shape index (κ3) is 2.56. The van der Waals surface area contributed by atoms with Crippen LogP contribution in [0.15, 0.2) is 72.0 Å². The van der Waals surface area contributed by atoms with Gasteiger partial charge < -0.3 is 4.90 Å². The standard InChI is InChI=1S/C17H23N/c1-7-10-12-16-14(5)18(6)17(11-8-2)13(4)15(16)9-3/h7-12,14H,1,3H2,2,4-6H3/b11-8-,12-10-. The normalized spacial score (nSPS) is 21.3. The lowest BCUT2D eigenvalue weighted by Gasteiger charge is -2.36. The summed E-state index contributed by atoms with van der Waals surface area (Å²) in [5, 5.41) is 0. The van der Waals surface area contributed by atoms with Gasteiger partial charge in [-0.1, -0.05) is 43.5 Å². The van der Waals surface area contributed by atoms with E-state index in [1.165, 1.54) is 22.4 Å². The van der Waals surface area contributed by atoms with Crippen LogP contribution in [0.1, 0.15) is 20.8 Å². The van der Waals surface area contributed by atoms with Crippen molar-refractivity contribution in [2.75, 3.05) is 7.05 Å². The van der Waals surface area contributed by atoms with Crippen LogP contribution in [0.5, 0.6) is 0 Å². The summed E-state index contributed by atoms with van der Waals surface area (Å²) in [6, 6.07) is 0.337. The van der Waals surface area contributed by atoms with E-state index in [1.54, 1.807) is 6.08 Å². The van der Waals surface area contributed by atoms with Crippen LogP contribution < -0.4 is 0 Å². The Labute approximate surface area is 111 Å². The Balaban J connectivity index is 3.44. The molecule has 0 saturated carbocycles. The van der Waals surface area contributed by atoms with Crippen molar-refractivity contribution in [1.29, 1.82) is 0 Å². The fraction of sp³-hybridized carbons (Fsp3) is 0.294. The van der Waals surface area contributed by atoms with E-state index < -0.39 is 0 Å². The molecule has 18 heavy (non-hydrogen) atoms. The first-order valence-corrected chi connectivity index (χ1v) is 6.30. The third-order valence-electron chi connectivity index (χ3n) is 3.45. The van der Waals surface area contributed by atoms with Gasteiger partial charge in [-0.15, -0.1) is 0 Å². The highest BCUT2D eigenvalue weighted by Crippen LogP contribution is 2.32. The zero-order valence-electron chi connectivity index (χ0n) is 11.9. The highest BCUT2D eigenvalue weighted by molar-refractivity contribution is 5.54. The van der Waals surface area contributed by atoms with Crippen LogP contribution >= 0.6 is 0 Å². The van der Waals surface area contributed by atoms with E-state index in [0.717, 1.165) is 0 Å². The van der Waals surface area contributed by atoms with Gasteiger partial charge in [-0.25, -0.2) is 0 Å². The molecule has 1 atom stereocenters. The fourth-order valence-electron chi connectivity index (χ4n) is 2.33. The van der Waals surface area contributed by atoms with Crippen molar-refractivity contribution >= 4 is 0 Å². The molecule has 1 aliphatic rings. The van der Waals surface area contributed by atoms with Crippen LogP contribution in [0.3, 0.4) is 0 Å². The van der Waals surface area contributed by atoms with Crippen LogP contribution in [0.25, 0.3) is 0 Å². The molecule has 0 aliphatic carbocycles. The van der Waals surface area contributed by atoms with Crippen molar-refractivity contribution in [1.82, 2.24) is 4.90 Å². The quantitative estimate of drug-likeness (QED) is 0.660. The molecule has 0 bridgehead atoms. The van der Waals surface area contributed by atoms with Gasteiger partial charge in [-0.2, -0.15) is 0 Å². The van der Waals surface area contributed by atoms with Gasteiger partial charge >= 0.3 is 0 Å². The van der Waals surface area contributed by atoms with E-state index in [2.05, 4.69) is 57.2 Å². The summed E-state index contributed by atoms with van der Waals surface area (Å²) in [4.78, 5) is 2.30. The molecule has 1 rings (SSSR count). The third-order valence-corrected chi connectivity index (χ3v) is 3.45. The highest BCUT2D eigenvalue weighted by Gasteiger charge is 2.24. The molecule has 0 aromatic carbocycles. The zero-order chi connectivity index (χ0) is 13.7. The van der Waals surface area contributed by atoms with Crippen molar-refractivity contribution < 1.29 is 0 Å². The lowest BCUT2D eigenvalue weighted by atomic mass is 9.89. The molecule has 96 valence electrons. The predicted octanol–water partition coefficient (Wildman–Crippen LogP) is 4.40. The summed E-state index contributed by atoms with van der Waals surface area (Å²) in [5.41, 5.74) is 5.05. The second-order valence-electron chi connectivity index (χ2n) is 4.47. The van der Waals surface area contributed by atoms with Gasteiger partial charge in [0.05, 0.1) is 6.04 Å². The van der Waals surface area contributed by atoms with E-state index in [1.807, 2.05) is 19.1 Å². The molecule has 1 unspecified atom stereocenters. The zero-order valence-corrected chi connectivity index (χ0v) is 11.9. The number of nitrogens with zero attached hydrogens (tertiary/aromatic N) is 1. The van der Waals surface area contributed by atoms with Crippen molar-refractivity contribution in [3.63, 3.8) is 0 Å². The summed E-state index contributed by atoms with van der Waals surface area (Å²) in [6.07, 6.45) is 12.1. The van der Waals surface area contributed by atoms with Crippen molar-refractivity contribution in [2.45, 2.75) is 26.8 Å². The van der Waals surface area contributed by atoms with Crippen LogP contribution in [0.4, 0.5) is 0 Å². The molecule has 1 aliphatic heterocycles. The maximum Gasteiger partial charge on any atom is 0.0517 e. The lowest BCUT2D eigenvalue weighted by molar-refractivity contribution is 0.363. The molecule has 0 aromatic rings. The van der Waals surface area contributed by atoms with Crippen molar-refractivity contribution in [2.24, 2.45) is 0 Å². The van der Waals surface area contributed by atoms with Gasteiger partial charge in [0.2, 0.25) is 0 Å². The molecule has 0 radical (unpaired) electrons. The predicted molar refractivity (Wildman–Crippen MR) is 81.3 cm³/mol. The summed E-state index contributed by atoms with van der Waals surface area (Å²) in [7, 11) is 2.13.